The van der Waals surface area contributed by atoms with Crippen LogP contribution in [0.15, 0.2) is 53.8 Å². The van der Waals surface area contributed by atoms with Crippen LogP contribution in [0.5, 0.6) is 0 Å². The molecule has 216 valence electrons. The van der Waals surface area contributed by atoms with E-state index in [0.717, 1.165) is 34.9 Å². The summed E-state index contributed by atoms with van der Waals surface area (Å²) in [5.41, 5.74) is 0. The van der Waals surface area contributed by atoms with Crippen molar-refractivity contribution in [2.45, 2.75) is 69.4 Å². The van der Waals surface area contributed by atoms with Crippen molar-refractivity contribution in [3.8, 4) is 0 Å². The molecule has 1 aliphatic carbocycles. The summed E-state index contributed by atoms with van der Waals surface area (Å²) in [4.78, 5) is 40.6. The first-order valence-corrected chi connectivity index (χ1v) is 16.0. The number of thiophene rings is 1. The molecule has 12 heteroatoms. The number of Topliss-reactive ketones (excluding diaryl/α,β-unsaturated/α-hetero) is 1. The zero-order valence-electron chi connectivity index (χ0n) is 22.6. The van der Waals surface area contributed by atoms with E-state index < -0.39 is 22.0 Å². The average molecular weight is 590 g/mol. The number of hydrogen-bond acceptors (Lipinski definition) is 7. The van der Waals surface area contributed by atoms with Gasteiger partial charge in [0.2, 0.25) is 12.1 Å². The van der Waals surface area contributed by atoms with Gasteiger partial charge in [-0.15, -0.1) is 11.3 Å². The standard InChI is InChI=1S/C28H36N4O6S2/c1-20-12-13-25(39-20)28(35)30-23(18-21-8-3-2-4-9-21)27(34)29-15-14-22-10-7-16-31(19-24(22)33)40(37,38)26-11-5-6-17-32(26)36/h5-6,11-15,17,21-23H,2-4,7-10,16,18-19H2,1H3,(H2-,29,30,34,35,36)/p+1/b15-14+/t22-,23+/m1/s1. The molecule has 2 atom stereocenters. The van der Waals surface area contributed by atoms with E-state index in [4.69, 9.17) is 0 Å². The van der Waals surface area contributed by atoms with Crippen LogP contribution in [0.3, 0.4) is 0 Å². The molecule has 3 heterocycles. The number of sulfonamides is 1. The molecule has 40 heavy (non-hydrogen) atoms. The van der Waals surface area contributed by atoms with Crippen LogP contribution in [-0.2, 0) is 19.6 Å². The van der Waals surface area contributed by atoms with Crippen molar-refractivity contribution in [1.82, 2.24) is 14.9 Å². The Balaban J connectivity index is 1.39. The van der Waals surface area contributed by atoms with E-state index in [1.54, 1.807) is 12.1 Å². The molecule has 10 nitrogen and oxygen atoms in total. The fourth-order valence-electron chi connectivity index (χ4n) is 5.30. The zero-order valence-corrected chi connectivity index (χ0v) is 24.3. The maximum atomic E-state index is 13.2. The lowest BCUT2D eigenvalue weighted by Crippen LogP contribution is -2.46. The van der Waals surface area contributed by atoms with Gasteiger partial charge in [0.05, 0.1) is 11.4 Å². The Kier molecular flexibility index (Phi) is 10.1. The van der Waals surface area contributed by atoms with Gasteiger partial charge < -0.3 is 10.6 Å². The first-order chi connectivity index (χ1) is 19.1. The smallest absolute Gasteiger partial charge is 0.340 e. The summed E-state index contributed by atoms with van der Waals surface area (Å²) in [5.74, 6) is -1.13. The lowest BCUT2D eigenvalue weighted by molar-refractivity contribution is -0.933. The third-order valence-corrected chi connectivity index (χ3v) is 10.4. The van der Waals surface area contributed by atoms with Gasteiger partial charge in [-0.1, -0.05) is 38.2 Å². The number of amides is 2. The normalized spacial score (nSPS) is 20.2. The lowest BCUT2D eigenvalue weighted by Gasteiger charge is -2.26. The Morgan fingerprint density at radius 2 is 1.93 bits per heavy atom. The van der Waals surface area contributed by atoms with E-state index in [1.165, 1.54) is 48.4 Å². The lowest BCUT2D eigenvalue weighted by atomic mass is 9.84. The molecule has 1 saturated heterocycles. The fraction of sp³-hybridized carbons (Fsp3) is 0.500. The van der Waals surface area contributed by atoms with Gasteiger partial charge in [0.25, 0.3) is 5.91 Å². The monoisotopic (exact) mass is 589 g/mol. The number of ketones is 1. The number of allylic oxidation sites excluding steroid dienone is 1. The number of carbonyl (C=O) groups excluding carboxylic acids is 3. The molecule has 0 unspecified atom stereocenters. The van der Waals surface area contributed by atoms with E-state index in [-0.39, 0.29) is 35.7 Å². The predicted molar refractivity (Wildman–Crippen MR) is 149 cm³/mol. The SMILES string of the molecule is Cc1ccc(C(=O)N[C@@H](CC2CCCCC2)C(=O)N/C=C/[C@H]2CCCN(S(=O)(=O)c3cccc[n+]3O)CC2=O)s1. The van der Waals surface area contributed by atoms with Crippen LogP contribution in [0.2, 0.25) is 0 Å². The second-order valence-corrected chi connectivity index (χ2v) is 13.7. The van der Waals surface area contributed by atoms with E-state index in [1.807, 2.05) is 13.0 Å². The first-order valence-electron chi connectivity index (χ1n) is 13.7. The highest BCUT2D eigenvalue weighted by atomic mass is 32.2. The van der Waals surface area contributed by atoms with Gasteiger partial charge in [-0.05, 0) is 50.3 Å². The van der Waals surface area contributed by atoms with Crippen LogP contribution in [0, 0.1) is 18.8 Å². The van der Waals surface area contributed by atoms with Crippen LogP contribution in [0.1, 0.15) is 65.9 Å². The molecule has 2 aromatic heterocycles. The molecule has 2 amide bonds. The number of hydrogen-bond donors (Lipinski definition) is 3. The highest BCUT2D eigenvalue weighted by Crippen LogP contribution is 2.28. The Morgan fingerprint density at radius 3 is 2.62 bits per heavy atom. The summed E-state index contributed by atoms with van der Waals surface area (Å²) in [6, 6.07) is 7.19. The van der Waals surface area contributed by atoms with Crippen molar-refractivity contribution in [2.75, 3.05) is 13.1 Å². The number of carbonyl (C=O) groups is 3. The molecule has 0 spiro atoms. The number of nitrogens with one attached hydrogen (secondary N) is 2. The molecule has 0 aromatic carbocycles. The Morgan fingerprint density at radius 1 is 1.15 bits per heavy atom. The van der Waals surface area contributed by atoms with Crippen molar-refractivity contribution >= 4 is 39.0 Å². The molecule has 0 radical (unpaired) electrons. The molecule has 1 saturated carbocycles. The zero-order chi connectivity index (χ0) is 28.7. The van der Waals surface area contributed by atoms with Gasteiger partial charge in [-0.2, -0.15) is 4.31 Å². The molecule has 4 rings (SSSR count). The Bertz CT molecular complexity index is 1350. The van der Waals surface area contributed by atoms with Gasteiger partial charge in [0, 0.05) is 40.4 Å². The topological polar surface area (TPSA) is 137 Å². The number of rotatable bonds is 9. The molecular weight excluding hydrogens is 552 g/mol. The largest absolute Gasteiger partial charge is 0.361 e. The average Bonchev–Trinajstić information content (AvgIpc) is 3.28. The fourth-order valence-corrected chi connectivity index (χ4v) is 7.55. The summed E-state index contributed by atoms with van der Waals surface area (Å²) in [6.45, 7) is 1.73. The summed E-state index contributed by atoms with van der Waals surface area (Å²) in [5, 5.41) is 15.3. The second kappa shape index (κ2) is 13.5. The summed E-state index contributed by atoms with van der Waals surface area (Å²) >= 11 is 1.38. The highest BCUT2D eigenvalue weighted by Gasteiger charge is 2.37. The second-order valence-electron chi connectivity index (χ2n) is 10.5. The van der Waals surface area contributed by atoms with Crippen molar-refractivity contribution in [2.24, 2.45) is 11.8 Å². The van der Waals surface area contributed by atoms with Gasteiger partial charge in [-0.25, -0.2) is 8.42 Å². The predicted octanol–water partition coefficient (Wildman–Crippen LogP) is 2.95. The van der Waals surface area contributed by atoms with Gasteiger partial charge >= 0.3 is 15.0 Å². The third kappa shape index (κ3) is 7.55. The minimum absolute atomic E-state index is 0.136. The quantitative estimate of drug-likeness (QED) is 0.304. The van der Waals surface area contributed by atoms with Crippen molar-refractivity contribution in [1.29, 1.82) is 0 Å². The molecular formula is C28H37N4O6S2+. The molecule has 1 aliphatic heterocycles. The van der Waals surface area contributed by atoms with Crippen molar-refractivity contribution in [3.05, 3.63) is 58.6 Å². The summed E-state index contributed by atoms with van der Waals surface area (Å²) < 4.78 is 27.7. The van der Waals surface area contributed by atoms with Crippen LogP contribution < -0.4 is 15.4 Å². The minimum Gasteiger partial charge on any atom is -0.340 e. The number of aryl methyl sites for hydroxylation is 1. The van der Waals surface area contributed by atoms with Gasteiger partial charge in [0.1, 0.15) is 6.04 Å². The summed E-state index contributed by atoms with van der Waals surface area (Å²) in [7, 11) is -4.07. The third-order valence-electron chi connectivity index (χ3n) is 7.51. The minimum atomic E-state index is -4.07. The summed E-state index contributed by atoms with van der Waals surface area (Å²) in [6.07, 6.45) is 11.1. The first kappa shape index (κ1) is 29.9. The van der Waals surface area contributed by atoms with E-state index >= 15 is 0 Å². The van der Waals surface area contributed by atoms with Gasteiger partial charge in [0.15, 0.2) is 5.78 Å². The number of aromatic nitrogens is 1. The number of nitrogens with zero attached hydrogens (tertiary/aromatic N) is 2. The number of pyridine rings is 1. The van der Waals surface area contributed by atoms with E-state index in [2.05, 4.69) is 10.6 Å². The van der Waals surface area contributed by atoms with Crippen LogP contribution >= 0.6 is 11.3 Å². The maximum absolute atomic E-state index is 13.2. The molecule has 2 fully saturated rings. The maximum Gasteiger partial charge on any atom is 0.361 e. The molecule has 0 bridgehead atoms. The Hall–Kier alpha value is -3.09. The van der Waals surface area contributed by atoms with Crippen molar-refractivity contribution in [3.63, 3.8) is 0 Å². The Labute approximate surface area is 239 Å². The molecule has 2 aliphatic rings. The van der Waals surface area contributed by atoms with Gasteiger partial charge in [-0.3, -0.25) is 19.6 Å². The highest BCUT2D eigenvalue weighted by molar-refractivity contribution is 7.89. The molecule has 2 aromatic rings. The van der Waals surface area contributed by atoms with Crippen LogP contribution in [-0.4, -0.2) is 54.7 Å². The van der Waals surface area contributed by atoms with E-state index in [9.17, 15) is 28.0 Å². The van der Waals surface area contributed by atoms with E-state index in [0.29, 0.717) is 34.8 Å². The van der Waals surface area contributed by atoms with Crippen LogP contribution in [0.25, 0.3) is 0 Å². The van der Waals surface area contributed by atoms with Crippen molar-refractivity contribution < 1.29 is 32.7 Å². The van der Waals surface area contributed by atoms with Crippen LogP contribution in [0.4, 0.5) is 0 Å². The molecule has 3 N–H and O–H groups in total.